The first-order valence-electron chi connectivity index (χ1n) is 8.35. The number of halogens is 2. The molecule has 25 heavy (non-hydrogen) atoms. The van der Waals surface area contributed by atoms with E-state index in [9.17, 15) is 13.6 Å². The molecule has 2 aromatic carbocycles. The molecule has 0 aromatic heterocycles. The van der Waals surface area contributed by atoms with Gasteiger partial charge < -0.3 is 15.1 Å². The van der Waals surface area contributed by atoms with Crippen LogP contribution < -0.4 is 10.2 Å². The maximum atomic E-state index is 13.9. The SMILES string of the molecule is CC(NC(=O)N1CCN(c2ccccc2F)CC1)c1ccc(F)cc1. The van der Waals surface area contributed by atoms with Gasteiger partial charge in [0.05, 0.1) is 11.7 Å². The van der Waals surface area contributed by atoms with Gasteiger partial charge in [-0.05, 0) is 36.8 Å². The number of anilines is 1. The molecule has 132 valence electrons. The van der Waals surface area contributed by atoms with Gasteiger partial charge in [0.15, 0.2) is 0 Å². The lowest BCUT2D eigenvalue weighted by atomic mass is 10.1. The average Bonchev–Trinajstić information content (AvgIpc) is 2.63. The zero-order chi connectivity index (χ0) is 17.8. The predicted octanol–water partition coefficient (Wildman–Crippen LogP) is 3.56. The molecule has 6 heteroatoms. The predicted molar refractivity (Wildman–Crippen MR) is 93.5 cm³/mol. The van der Waals surface area contributed by atoms with Crippen LogP contribution in [-0.4, -0.2) is 37.1 Å². The molecular weight excluding hydrogens is 324 g/mol. The fraction of sp³-hybridized carbons (Fsp3) is 0.316. The van der Waals surface area contributed by atoms with E-state index in [0.29, 0.717) is 31.9 Å². The number of amides is 2. The van der Waals surface area contributed by atoms with Crippen LogP contribution in [0.15, 0.2) is 48.5 Å². The van der Waals surface area contributed by atoms with Crippen molar-refractivity contribution in [2.24, 2.45) is 0 Å². The highest BCUT2D eigenvalue weighted by Gasteiger charge is 2.23. The van der Waals surface area contributed by atoms with E-state index in [2.05, 4.69) is 5.32 Å². The number of carbonyl (C=O) groups excluding carboxylic acids is 1. The number of nitrogens with one attached hydrogen (secondary N) is 1. The first kappa shape index (κ1) is 17.2. The second kappa shape index (κ2) is 7.51. The Balaban J connectivity index is 1.55. The Hall–Kier alpha value is -2.63. The topological polar surface area (TPSA) is 35.6 Å². The summed E-state index contributed by atoms with van der Waals surface area (Å²) in [6.45, 7) is 4.08. The maximum absolute atomic E-state index is 13.9. The van der Waals surface area contributed by atoms with Crippen molar-refractivity contribution in [3.8, 4) is 0 Å². The summed E-state index contributed by atoms with van der Waals surface area (Å²) in [6, 6.07) is 12.4. The zero-order valence-corrected chi connectivity index (χ0v) is 14.1. The van der Waals surface area contributed by atoms with E-state index >= 15 is 0 Å². The fourth-order valence-corrected chi connectivity index (χ4v) is 2.97. The number of nitrogens with zero attached hydrogens (tertiary/aromatic N) is 2. The number of hydrogen-bond donors (Lipinski definition) is 1. The van der Waals surface area contributed by atoms with Crippen LogP contribution in [0.3, 0.4) is 0 Å². The van der Waals surface area contributed by atoms with Crippen molar-refractivity contribution in [3.63, 3.8) is 0 Å². The lowest BCUT2D eigenvalue weighted by molar-refractivity contribution is 0.191. The largest absolute Gasteiger partial charge is 0.366 e. The third kappa shape index (κ3) is 4.07. The van der Waals surface area contributed by atoms with Gasteiger partial charge in [-0.25, -0.2) is 13.6 Å². The van der Waals surface area contributed by atoms with Gasteiger partial charge in [-0.2, -0.15) is 0 Å². The zero-order valence-electron chi connectivity index (χ0n) is 14.1. The lowest BCUT2D eigenvalue weighted by Crippen LogP contribution is -2.52. The van der Waals surface area contributed by atoms with Gasteiger partial charge in [-0.1, -0.05) is 24.3 Å². The van der Waals surface area contributed by atoms with E-state index in [1.807, 2.05) is 17.9 Å². The molecule has 1 unspecified atom stereocenters. The number of carbonyl (C=O) groups is 1. The van der Waals surface area contributed by atoms with Crippen molar-refractivity contribution in [3.05, 3.63) is 65.7 Å². The van der Waals surface area contributed by atoms with Gasteiger partial charge in [0, 0.05) is 26.2 Å². The number of benzene rings is 2. The van der Waals surface area contributed by atoms with E-state index in [1.54, 1.807) is 29.2 Å². The van der Waals surface area contributed by atoms with Gasteiger partial charge in [0.2, 0.25) is 0 Å². The van der Waals surface area contributed by atoms with E-state index in [0.717, 1.165) is 5.56 Å². The summed E-state index contributed by atoms with van der Waals surface area (Å²) in [6.07, 6.45) is 0. The molecule has 1 N–H and O–H groups in total. The minimum atomic E-state index is -0.299. The molecule has 0 radical (unpaired) electrons. The smallest absolute Gasteiger partial charge is 0.317 e. The van der Waals surface area contributed by atoms with E-state index < -0.39 is 0 Å². The summed E-state index contributed by atoms with van der Waals surface area (Å²) < 4.78 is 26.8. The Morgan fingerprint density at radius 1 is 1.00 bits per heavy atom. The molecule has 4 nitrogen and oxygen atoms in total. The van der Waals surface area contributed by atoms with E-state index in [1.165, 1.54) is 18.2 Å². The summed E-state index contributed by atoms with van der Waals surface area (Å²) in [5.74, 6) is -0.545. The third-order valence-corrected chi connectivity index (χ3v) is 4.47. The van der Waals surface area contributed by atoms with Crippen molar-refractivity contribution >= 4 is 11.7 Å². The fourth-order valence-electron chi connectivity index (χ4n) is 2.97. The first-order chi connectivity index (χ1) is 12.0. The Morgan fingerprint density at radius 2 is 1.64 bits per heavy atom. The molecule has 0 aliphatic carbocycles. The van der Waals surface area contributed by atoms with Crippen LogP contribution in [0.4, 0.5) is 19.3 Å². The number of urea groups is 1. The highest BCUT2D eigenvalue weighted by molar-refractivity contribution is 5.75. The van der Waals surface area contributed by atoms with Crippen LogP contribution in [0.5, 0.6) is 0 Å². The van der Waals surface area contributed by atoms with Gasteiger partial charge in [0.25, 0.3) is 0 Å². The first-order valence-corrected chi connectivity index (χ1v) is 8.35. The van der Waals surface area contributed by atoms with Crippen LogP contribution in [0, 0.1) is 11.6 Å². The van der Waals surface area contributed by atoms with Crippen molar-refractivity contribution in [1.82, 2.24) is 10.2 Å². The molecule has 1 fully saturated rings. The molecule has 0 spiro atoms. The molecule has 1 saturated heterocycles. The van der Waals surface area contributed by atoms with Crippen molar-refractivity contribution < 1.29 is 13.6 Å². The second-order valence-electron chi connectivity index (χ2n) is 6.15. The highest BCUT2D eigenvalue weighted by atomic mass is 19.1. The lowest BCUT2D eigenvalue weighted by Gasteiger charge is -2.36. The summed E-state index contributed by atoms with van der Waals surface area (Å²) >= 11 is 0. The normalized spacial score (nSPS) is 15.8. The Kier molecular flexibility index (Phi) is 5.16. The van der Waals surface area contributed by atoms with Crippen molar-refractivity contribution in [2.45, 2.75) is 13.0 Å². The molecule has 1 aliphatic heterocycles. The molecule has 0 bridgehead atoms. The number of piperazine rings is 1. The van der Waals surface area contributed by atoms with Crippen molar-refractivity contribution in [1.29, 1.82) is 0 Å². The second-order valence-corrected chi connectivity index (χ2v) is 6.15. The minimum absolute atomic E-state index is 0.162. The van der Waals surface area contributed by atoms with Crippen molar-refractivity contribution in [2.75, 3.05) is 31.1 Å². The van der Waals surface area contributed by atoms with Crippen LogP contribution in [0.2, 0.25) is 0 Å². The number of rotatable bonds is 3. The Bertz CT molecular complexity index is 728. The molecule has 0 saturated carbocycles. The minimum Gasteiger partial charge on any atom is -0.366 e. The monoisotopic (exact) mass is 345 g/mol. The molecular formula is C19H21F2N3O. The van der Waals surface area contributed by atoms with Gasteiger partial charge in [-0.3, -0.25) is 0 Å². The number of hydrogen-bond acceptors (Lipinski definition) is 2. The van der Waals surface area contributed by atoms with Crippen LogP contribution in [-0.2, 0) is 0 Å². The average molecular weight is 345 g/mol. The van der Waals surface area contributed by atoms with E-state index in [-0.39, 0.29) is 23.7 Å². The summed E-state index contributed by atoms with van der Waals surface area (Å²) in [5.41, 5.74) is 1.42. The molecule has 1 aliphatic rings. The molecule has 2 aromatic rings. The van der Waals surface area contributed by atoms with Gasteiger partial charge in [-0.15, -0.1) is 0 Å². The Morgan fingerprint density at radius 3 is 2.28 bits per heavy atom. The van der Waals surface area contributed by atoms with E-state index in [4.69, 9.17) is 0 Å². The molecule has 1 atom stereocenters. The van der Waals surface area contributed by atoms with Gasteiger partial charge in [0.1, 0.15) is 11.6 Å². The molecule has 3 rings (SSSR count). The third-order valence-electron chi connectivity index (χ3n) is 4.47. The van der Waals surface area contributed by atoms with Crippen LogP contribution in [0.25, 0.3) is 0 Å². The van der Waals surface area contributed by atoms with Crippen LogP contribution >= 0.6 is 0 Å². The molecule has 2 amide bonds. The maximum Gasteiger partial charge on any atom is 0.317 e. The van der Waals surface area contributed by atoms with Gasteiger partial charge >= 0.3 is 6.03 Å². The molecule has 1 heterocycles. The van der Waals surface area contributed by atoms with Crippen LogP contribution in [0.1, 0.15) is 18.5 Å². The quantitative estimate of drug-likeness (QED) is 0.923. The number of para-hydroxylation sites is 1. The Labute approximate surface area is 146 Å². The summed E-state index contributed by atoms with van der Waals surface area (Å²) in [4.78, 5) is 16.1. The summed E-state index contributed by atoms with van der Waals surface area (Å²) in [5, 5.41) is 2.92. The summed E-state index contributed by atoms with van der Waals surface area (Å²) in [7, 11) is 0. The highest BCUT2D eigenvalue weighted by Crippen LogP contribution is 2.20. The standard InChI is InChI=1S/C19H21F2N3O/c1-14(15-6-8-16(20)9-7-15)22-19(25)24-12-10-23(11-13-24)18-5-3-2-4-17(18)21/h2-9,14H,10-13H2,1H3,(H,22,25).